The molecule has 0 aliphatic carbocycles. The van der Waals surface area contributed by atoms with Crippen molar-refractivity contribution in [2.24, 2.45) is 5.10 Å². The SMILES string of the molecule is CC(C)Oc1ccc(C(=O)N/N=C\c2cc(Br)cs2)cc1. The number of carbonyl (C=O) groups is 1. The summed E-state index contributed by atoms with van der Waals surface area (Å²) < 4.78 is 6.53. The molecular formula is C15H15BrN2O2S. The minimum Gasteiger partial charge on any atom is -0.491 e. The lowest BCUT2D eigenvalue weighted by Gasteiger charge is -2.09. The van der Waals surface area contributed by atoms with E-state index in [1.807, 2.05) is 25.3 Å². The number of ether oxygens (including phenoxy) is 1. The van der Waals surface area contributed by atoms with Crippen molar-refractivity contribution in [1.82, 2.24) is 5.43 Å². The van der Waals surface area contributed by atoms with E-state index in [1.54, 1.807) is 41.8 Å². The highest BCUT2D eigenvalue weighted by molar-refractivity contribution is 9.10. The monoisotopic (exact) mass is 366 g/mol. The van der Waals surface area contributed by atoms with Gasteiger partial charge in [-0.3, -0.25) is 4.79 Å². The van der Waals surface area contributed by atoms with Crippen LogP contribution in [0, 0.1) is 0 Å². The largest absolute Gasteiger partial charge is 0.491 e. The van der Waals surface area contributed by atoms with Gasteiger partial charge in [-0.15, -0.1) is 11.3 Å². The number of hydrogen-bond donors (Lipinski definition) is 1. The molecule has 4 nitrogen and oxygen atoms in total. The first-order valence-corrected chi connectivity index (χ1v) is 8.06. The number of hydrazone groups is 1. The topological polar surface area (TPSA) is 50.7 Å². The minimum absolute atomic E-state index is 0.111. The molecule has 1 aromatic carbocycles. The molecule has 1 aromatic heterocycles. The van der Waals surface area contributed by atoms with Crippen LogP contribution in [0.4, 0.5) is 0 Å². The molecule has 0 spiro atoms. The van der Waals surface area contributed by atoms with Gasteiger partial charge < -0.3 is 4.74 Å². The summed E-state index contributed by atoms with van der Waals surface area (Å²) >= 11 is 4.90. The highest BCUT2D eigenvalue weighted by atomic mass is 79.9. The van der Waals surface area contributed by atoms with Gasteiger partial charge in [-0.1, -0.05) is 0 Å². The number of halogens is 1. The molecule has 110 valence electrons. The fraction of sp³-hybridized carbons (Fsp3) is 0.200. The first-order chi connectivity index (χ1) is 10.0. The highest BCUT2D eigenvalue weighted by Gasteiger charge is 2.05. The third kappa shape index (κ3) is 4.99. The van der Waals surface area contributed by atoms with Crippen LogP contribution in [0.25, 0.3) is 0 Å². The summed E-state index contributed by atoms with van der Waals surface area (Å²) in [5, 5.41) is 5.89. The van der Waals surface area contributed by atoms with E-state index in [-0.39, 0.29) is 12.0 Å². The normalized spacial score (nSPS) is 11.0. The molecule has 21 heavy (non-hydrogen) atoms. The summed E-state index contributed by atoms with van der Waals surface area (Å²) in [6.07, 6.45) is 1.73. The zero-order chi connectivity index (χ0) is 15.2. The number of carbonyl (C=O) groups excluding carboxylic acids is 1. The molecule has 2 aromatic rings. The summed E-state index contributed by atoms with van der Waals surface area (Å²) in [6, 6.07) is 8.90. The Balaban J connectivity index is 1.92. The first kappa shape index (κ1) is 15.7. The third-order valence-corrected chi connectivity index (χ3v) is 4.06. The van der Waals surface area contributed by atoms with Crippen molar-refractivity contribution in [3.05, 3.63) is 50.6 Å². The lowest BCUT2D eigenvalue weighted by atomic mass is 10.2. The fourth-order valence-electron chi connectivity index (χ4n) is 1.57. The Morgan fingerprint density at radius 2 is 2.10 bits per heavy atom. The molecule has 0 aliphatic rings. The number of amides is 1. The molecule has 1 N–H and O–H groups in total. The second-order valence-corrected chi connectivity index (χ2v) is 6.42. The predicted octanol–water partition coefficient (Wildman–Crippen LogP) is 4.06. The van der Waals surface area contributed by atoms with Gasteiger partial charge in [0, 0.05) is 20.3 Å². The van der Waals surface area contributed by atoms with E-state index in [0.29, 0.717) is 5.56 Å². The van der Waals surface area contributed by atoms with E-state index in [2.05, 4.69) is 26.5 Å². The van der Waals surface area contributed by atoms with Crippen LogP contribution in [0.2, 0.25) is 0 Å². The summed E-state index contributed by atoms with van der Waals surface area (Å²) in [5.41, 5.74) is 3.04. The van der Waals surface area contributed by atoms with Gasteiger partial charge in [0.05, 0.1) is 12.3 Å². The maximum Gasteiger partial charge on any atom is 0.271 e. The molecule has 0 saturated carbocycles. The van der Waals surface area contributed by atoms with Crippen LogP contribution < -0.4 is 10.2 Å². The molecule has 1 amide bonds. The summed E-state index contributed by atoms with van der Waals surface area (Å²) in [6.45, 7) is 3.91. The average Bonchev–Trinajstić information content (AvgIpc) is 2.84. The predicted molar refractivity (Wildman–Crippen MR) is 89.3 cm³/mol. The van der Waals surface area contributed by atoms with Crippen LogP contribution in [-0.2, 0) is 0 Å². The Morgan fingerprint density at radius 1 is 1.38 bits per heavy atom. The standard InChI is InChI=1S/C15H15BrN2O2S/c1-10(2)20-13-5-3-11(4-6-13)15(19)18-17-8-14-7-12(16)9-21-14/h3-10H,1-2H3,(H,18,19)/b17-8-. The molecule has 2 rings (SSSR count). The van der Waals surface area contributed by atoms with Crippen molar-refractivity contribution in [2.45, 2.75) is 20.0 Å². The molecule has 0 saturated heterocycles. The fourth-order valence-corrected chi connectivity index (χ4v) is 2.88. The van der Waals surface area contributed by atoms with Crippen molar-refractivity contribution < 1.29 is 9.53 Å². The van der Waals surface area contributed by atoms with E-state index < -0.39 is 0 Å². The number of nitrogens with zero attached hydrogens (tertiary/aromatic N) is 1. The molecule has 0 unspecified atom stereocenters. The Hall–Kier alpha value is -1.66. The second-order valence-electron chi connectivity index (χ2n) is 4.56. The van der Waals surface area contributed by atoms with E-state index in [1.165, 1.54) is 0 Å². The van der Waals surface area contributed by atoms with Gasteiger partial charge in [0.15, 0.2) is 0 Å². The number of benzene rings is 1. The van der Waals surface area contributed by atoms with Crippen molar-refractivity contribution >= 4 is 39.4 Å². The smallest absolute Gasteiger partial charge is 0.271 e. The zero-order valence-corrected chi connectivity index (χ0v) is 14.1. The highest BCUT2D eigenvalue weighted by Crippen LogP contribution is 2.18. The Labute approximate surface area is 136 Å². The van der Waals surface area contributed by atoms with Gasteiger partial charge in [0.2, 0.25) is 0 Å². The Bertz CT molecular complexity index is 635. The van der Waals surface area contributed by atoms with Crippen LogP contribution in [-0.4, -0.2) is 18.2 Å². The van der Waals surface area contributed by atoms with Crippen LogP contribution in [0.15, 0.2) is 45.3 Å². The van der Waals surface area contributed by atoms with E-state index in [4.69, 9.17) is 4.74 Å². The quantitative estimate of drug-likeness (QED) is 0.640. The van der Waals surface area contributed by atoms with Crippen molar-refractivity contribution in [2.75, 3.05) is 0 Å². The lowest BCUT2D eigenvalue weighted by Crippen LogP contribution is -2.17. The summed E-state index contributed by atoms with van der Waals surface area (Å²) in [4.78, 5) is 12.9. The molecule has 0 atom stereocenters. The lowest BCUT2D eigenvalue weighted by molar-refractivity contribution is 0.0955. The Morgan fingerprint density at radius 3 is 2.67 bits per heavy atom. The van der Waals surface area contributed by atoms with Crippen molar-refractivity contribution in [3.8, 4) is 5.75 Å². The summed E-state index contributed by atoms with van der Waals surface area (Å²) in [5.74, 6) is 0.492. The maximum absolute atomic E-state index is 11.9. The zero-order valence-electron chi connectivity index (χ0n) is 11.7. The molecule has 0 radical (unpaired) electrons. The van der Waals surface area contributed by atoms with Crippen LogP contribution in [0.5, 0.6) is 5.75 Å². The Kier molecular flexibility index (Phi) is 5.52. The third-order valence-electron chi connectivity index (χ3n) is 2.43. The molecule has 1 heterocycles. The van der Waals surface area contributed by atoms with Crippen molar-refractivity contribution in [3.63, 3.8) is 0 Å². The van der Waals surface area contributed by atoms with Crippen molar-refractivity contribution in [1.29, 1.82) is 0 Å². The number of nitrogens with one attached hydrogen (secondary N) is 1. The van der Waals surface area contributed by atoms with Gasteiger partial charge in [0.1, 0.15) is 5.75 Å². The van der Waals surface area contributed by atoms with E-state index in [0.717, 1.165) is 15.1 Å². The maximum atomic E-state index is 11.9. The number of rotatable bonds is 5. The van der Waals surface area contributed by atoms with Gasteiger partial charge in [-0.2, -0.15) is 5.10 Å². The molecule has 0 aliphatic heterocycles. The van der Waals surface area contributed by atoms with E-state index in [9.17, 15) is 4.79 Å². The molecule has 6 heteroatoms. The summed E-state index contributed by atoms with van der Waals surface area (Å²) in [7, 11) is 0. The molecule has 0 bridgehead atoms. The average molecular weight is 367 g/mol. The van der Waals surface area contributed by atoms with Gasteiger partial charge >= 0.3 is 0 Å². The van der Waals surface area contributed by atoms with Gasteiger partial charge in [-0.25, -0.2) is 5.43 Å². The van der Waals surface area contributed by atoms with Crippen LogP contribution >= 0.6 is 27.3 Å². The molecular weight excluding hydrogens is 352 g/mol. The van der Waals surface area contributed by atoms with Crippen LogP contribution in [0.3, 0.4) is 0 Å². The van der Waals surface area contributed by atoms with Crippen LogP contribution in [0.1, 0.15) is 29.1 Å². The van der Waals surface area contributed by atoms with Gasteiger partial charge in [-0.05, 0) is 60.1 Å². The van der Waals surface area contributed by atoms with Gasteiger partial charge in [0.25, 0.3) is 5.91 Å². The second kappa shape index (κ2) is 7.38. The first-order valence-electron chi connectivity index (χ1n) is 6.39. The molecule has 0 fully saturated rings. The number of thiophene rings is 1. The minimum atomic E-state index is -0.252. The number of hydrogen-bond acceptors (Lipinski definition) is 4. The van der Waals surface area contributed by atoms with E-state index >= 15 is 0 Å².